The summed E-state index contributed by atoms with van der Waals surface area (Å²) >= 11 is 1.10. The summed E-state index contributed by atoms with van der Waals surface area (Å²) in [5.74, 6) is 1.74. The van der Waals surface area contributed by atoms with E-state index in [0.29, 0.717) is 24.1 Å². The van der Waals surface area contributed by atoms with Gasteiger partial charge in [0.1, 0.15) is 0 Å². The number of ether oxygens (including phenoxy) is 1. The Morgan fingerprint density at radius 3 is 2.95 bits per heavy atom. The van der Waals surface area contributed by atoms with E-state index in [1.807, 2.05) is 26.2 Å². The lowest BCUT2D eigenvalue weighted by Crippen LogP contribution is -2.11. The van der Waals surface area contributed by atoms with Crippen molar-refractivity contribution in [2.24, 2.45) is 0 Å². The molecule has 2 heterocycles. The van der Waals surface area contributed by atoms with E-state index in [9.17, 15) is 0 Å². The summed E-state index contributed by atoms with van der Waals surface area (Å²) in [5, 5.41) is 3.12. The molecule has 21 heavy (non-hydrogen) atoms. The first kappa shape index (κ1) is 15.5. The van der Waals surface area contributed by atoms with E-state index in [4.69, 9.17) is 10.5 Å². The van der Waals surface area contributed by atoms with Gasteiger partial charge in [-0.15, -0.1) is 0 Å². The predicted octanol–water partition coefficient (Wildman–Crippen LogP) is 1.46. The number of aromatic nitrogens is 3. The van der Waals surface area contributed by atoms with Gasteiger partial charge in [0, 0.05) is 25.4 Å². The zero-order valence-electron chi connectivity index (χ0n) is 12.2. The van der Waals surface area contributed by atoms with Crippen LogP contribution in [-0.2, 0) is 6.54 Å². The average Bonchev–Trinajstić information content (AvgIpc) is 2.84. The van der Waals surface area contributed by atoms with Gasteiger partial charge in [-0.25, -0.2) is 4.98 Å². The Kier molecular flexibility index (Phi) is 5.70. The third-order valence-corrected chi connectivity index (χ3v) is 3.22. The van der Waals surface area contributed by atoms with E-state index in [1.54, 1.807) is 6.20 Å². The molecule has 0 saturated carbocycles. The van der Waals surface area contributed by atoms with E-state index in [2.05, 4.69) is 23.9 Å². The molecule has 114 valence electrons. The highest BCUT2D eigenvalue weighted by atomic mass is 32.1. The summed E-state index contributed by atoms with van der Waals surface area (Å²) in [7, 11) is 4.07. The summed E-state index contributed by atoms with van der Waals surface area (Å²) in [6.45, 7) is 2.19. The summed E-state index contributed by atoms with van der Waals surface area (Å²) < 4.78 is 13.6. The molecule has 2 aromatic rings. The first-order valence-electron chi connectivity index (χ1n) is 6.69. The van der Waals surface area contributed by atoms with Gasteiger partial charge in [0.2, 0.25) is 5.88 Å². The Labute approximate surface area is 128 Å². The fraction of sp³-hybridized carbons (Fsp3) is 0.462. The second-order valence-corrected chi connectivity index (χ2v) is 5.40. The molecule has 2 aromatic heterocycles. The SMILES string of the molecule is CN(C)Cc1ccnc(OCCCNc2nsnc2N)c1. The first-order chi connectivity index (χ1) is 10.1. The quantitative estimate of drug-likeness (QED) is 0.714. The summed E-state index contributed by atoms with van der Waals surface area (Å²) in [4.78, 5) is 6.31. The normalized spacial score (nSPS) is 10.8. The number of nitrogens with zero attached hydrogens (tertiary/aromatic N) is 4. The molecule has 0 radical (unpaired) electrons. The maximum atomic E-state index is 5.64. The van der Waals surface area contributed by atoms with Crippen molar-refractivity contribution in [2.75, 3.05) is 38.3 Å². The van der Waals surface area contributed by atoms with Gasteiger partial charge >= 0.3 is 0 Å². The number of nitrogens with two attached hydrogens (primary N) is 1. The summed E-state index contributed by atoms with van der Waals surface area (Å²) in [6, 6.07) is 3.96. The zero-order valence-corrected chi connectivity index (χ0v) is 13.1. The fourth-order valence-corrected chi connectivity index (χ4v) is 2.22. The molecule has 0 bridgehead atoms. The van der Waals surface area contributed by atoms with Crippen LogP contribution in [0.25, 0.3) is 0 Å². The van der Waals surface area contributed by atoms with Crippen LogP contribution >= 0.6 is 11.7 Å². The second-order valence-electron chi connectivity index (χ2n) is 4.87. The van der Waals surface area contributed by atoms with Crippen molar-refractivity contribution in [3.8, 4) is 5.88 Å². The smallest absolute Gasteiger partial charge is 0.213 e. The molecule has 0 aliphatic carbocycles. The maximum Gasteiger partial charge on any atom is 0.213 e. The zero-order chi connectivity index (χ0) is 15.1. The van der Waals surface area contributed by atoms with Gasteiger partial charge in [0.25, 0.3) is 0 Å². The van der Waals surface area contributed by atoms with Crippen molar-refractivity contribution in [2.45, 2.75) is 13.0 Å². The standard InChI is InChI=1S/C13H20N6OS/c1-19(2)9-10-4-6-15-11(8-10)20-7-3-5-16-13-12(14)17-21-18-13/h4,6,8H,3,5,7,9H2,1-2H3,(H2,14,17)(H,16,18). The van der Waals surface area contributed by atoms with Crippen LogP contribution in [0, 0.1) is 0 Å². The maximum absolute atomic E-state index is 5.64. The number of nitrogen functional groups attached to an aromatic ring is 1. The van der Waals surface area contributed by atoms with Gasteiger partial charge in [0.05, 0.1) is 18.3 Å². The average molecular weight is 308 g/mol. The highest BCUT2D eigenvalue weighted by molar-refractivity contribution is 6.99. The minimum absolute atomic E-state index is 0.443. The molecule has 0 atom stereocenters. The van der Waals surface area contributed by atoms with Crippen molar-refractivity contribution < 1.29 is 4.74 Å². The van der Waals surface area contributed by atoms with Gasteiger partial charge < -0.3 is 20.7 Å². The lowest BCUT2D eigenvalue weighted by molar-refractivity contribution is 0.302. The largest absolute Gasteiger partial charge is 0.478 e. The Hall–Kier alpha value is -1.93. The number of anilines is 2. The van der Waals surface area contributed by atoms with Crippen LogP contribution in [0.5, 0.6) is 5.88 Å². The van der Waals surface area contributed by atoms with E-state index in [-0.39, 0.29) is 0 Å². The fourth-order valence-electron chi connectivity index (χ4n) is 1.77. The molecule has 8 heteroatoms. The van der Waals surface area contributed by atoms with Crippen molar-refractivity contribution >= 4 is 23.4 Å². The van der Waals surface area contributed by atoms with Crippen molar-refractivity contribution in [3.05, 3.63) is 23.9 Å². The van der Waals surface area contributed by atoms with Crippen molar-refractivity contribution in [1.82, 2.24) is 18.6 Å². The van der Waals surface area contributed by atoms with Crippen LogP contribution in [0.3, 0.4) is 0 Å². The van der Waals surface area contributed by atoms with Crippen LogP contribution in [-0.4, -0.2) is 45.9 Å². The van der Waals surface area contributed by atoms with Crippen LogP contribution in [0.1, 0.15) is 12.0 Å². The summed E-state index contributed by atoms with van der Waals surface area (Å²) in [6.07, 6.45) is 2.60. The predicted molar refractivity (Wildman–Crippen MR) is 84.6 cm³/mol. The molecule has 0 spiro atoms. The minimum Gasteiger partial charge on any atom is -0.478 e. The van der Waals surface area contributed by atoms with Crippen molar-refractivity contribution in [1.29, 1.82) is 0 Å². The van der Waals surface area contributed by atoms with Gasteiger partial charge in [0.15, 0.2) is 11.6 Å². The Balaban J connectivity index is 1.70. The lowest BCUT2D eigenvalue weighted by atomic mass is 10.2. The molecule has 0 aliphatic heterocycles. The highest BCUT2D eigenvalue weighted by Gasteiger charge is 2.03. The molecule has 0 amide bonds. The molecule has 0 aromatic carbocycles. The number of hydrogen-bond acceptors (Lipinski definition) is 8. The Morgan fingerprint density at radius 1 is 1.38 bits per heavy atom. The molecule has 0 saturated heterocycles. The number of pyridine rings is 1. The molecule has 3 N–H and O–H groups in total. The van der Waals surface area contributed by atoms with Crippen LogP contribution in [0.2, 0.25) is 0 Å². The van der Waals surface area contributed by atoms with Gasteiger partial charge in [-0.05, 0) is 32.1 Å². The molecule has 7 nitrogen and oxygen atoms in total. The molecule has 2 rings (SSSR count). The third-order valence-electron chi connectivity index (χ3n) is 2.68. The number of hydrogen-bond donors (Lipinski definition) is 2. The molecular formula is C13H20N6OS. The number of rotatable bonds is 8. The van der Waals surface area contributed by atoms with Gasteiger partial charge in [-0.3, -0.25) is 0 Å². The molecule has 0 fully saturated rings. The first-order valence-corrected chi connectivity index (χ1v) is 7.42. The van der Waals surface area contributed by atoms with Gasteiger partial charge in [-0.2, -0.15) is 8.75 Å². The van der Waals surface area contributed by atoms with Gasteiger partial charge in [-0.1, -0.05) is 0 Å². The molecule has 0 aliphatic rings. The van der Waals surface area contributed by atoms with E-state index >= 15 is 0 Å². The minimum atomic E-state index is 0.443. The van der Waals surface area contributed by atoms with Crippen molar-refractivity contribution in [3.63, 3.8) is 0 Å². The molecular weight excluding hydrogens is 288 g/mol. The van der Waals surface area contributed by atoms with Crippen LogP contribution in [0.15, 0.2) is 18.3 Å². The summed E-state index contributed by atoms with van der Waals surface area (Å²) in [5.41, 5.74) is 6.82. The highest BCUT2D eigenvalue weighted by Crippen LogP contribution is 2.14. The van der Waals surface area contributed by atoms with E-state index in [0.717, 1.165) is 31.2 Å². The lowest BCUT2D eigenvalue weighted by Gasteiger charge is -2.11. The monoisotopic (exact) mass is 308 g/mol. The van der Waals surface area contributed by atoms with Crippen LogP contribution in [0.4, 0.5) is 11.6 Å². The van der Waals surface area contributed by atoms with E-state index in [1.165, 1.54) is 5.56 Å². The Bertz CT molecular complexity index is 559. The Morgan fingerprint density at radius 2 is 2.24 bits per heavy atom. The van der Waals surface area contributed by atoms with Crippen LogP contribution < -0.4 is 15.8 Å². The topological polar surface area (TPSA) is 89.2 Å². The molecule has 0 unspecified atom stereocenters. The van der Waals surface area contributed by atoms with E-state index < -0.39 is 0 Å². The third kappa shape index (κ3) is 5.16. The second kappa shape index (κ2) is 7.75. The number of nitrogens with one attached hydrogen (secondary N) is 1.